The van der Waals surface area contributed by atoms with Gasteiger partial charge in [-0.3, -0.25) is 10.0 Å². The molecule has 0 saturated heterocycles. The number of fused-ring (bicyclic) bond motifs is 1. The van der Waals surface area contributed by atoms with Gasteiger partial charge in [0.1, 0.15) is 11.5 Å². The van der Waals surface area contributed by atoms with Crippen LogP contribution in [0.2, 0.25) is 0 Å². The monoisotopic (exact) mass is 422 g/mol. The maximum Gasteiger partial charge on any atom is 0.267 e. The van der Waals surface area contributed by atoms with Crippen LogP contribution in [0, 0.1) is 5.82 Å². The van der Waals surface area contributed by atoms with Crippen molar-refractivity contribution in [2.75, 3.05) is 6.54 Å². The molecule has 0 atom stereocenters. The van der Waals surface area contributed by atoms with Gasteiger partial charge < -0.3 is 10.3 Å². The third-order valence-corrected chi connectivity index (χ3v) is 4.27. The largest absolute Gasteiger partial charge is 0.346 e. The summed E-state index contributed by atoms with van der Waals surface area (Å²) in [6.45, 7) is 6.68. The van der Waals surface area contributed by atoms with Gasteiger partial charge in [-0.1, -0.05) is 36.9 Å². The van der Waals surface area contributed by atoms with Gasteiger partial charge in [-0.05, 0) is 42.8 Å². The van der Waals surface area contributed by atoms with Crippen LogP contribution in [0.4, 0.5) is 4.39 Å². The Hall–Kier alpha value is -3.55. The molecule has 4 N–H and O–H groups in total. The number of pyridine rings is 1. The van der Waals surface area contributed by atoms with Crippen molar-refractivity contribution in [3.8, 4) is 0 Å². The zero-order valence-corrected chi connectivity index (χ0v) is 17.4. The van der Waals surface area contributed by atoms with E-state index in [1.165, 1.54) is 17.6 Å². The number of hydrogen-bond donors (Lipinski definition) is 4. The third-order valence-electron chi connectivity index (χ3n) is 4.27. The first-order valence-corrected chi connectivity index (χ1v) is 9.85. The Kier molecular flexibility index (Phi) is 9.87. The van der Waals surface area contributed by atoms with Gasteiger partial charge in [0.2, 0.25) is 0 Å². The minimum absolute atomic E-state index is 0.279. The zero-order valence-electron chi connectivity index (χ0n) is 17.4. The van der Waals surface area contributed by atoms with Gasteiger partial charge in [0, 0.05) is 48.4 Å². The quantitative estimate of drug-likeness (QED) is 0.143. The third kappa shape index (κ3) is 8.00. The predicted molar refractivity (Wildman–Crippen MR) is 122 cm³/mol. The highest BCUT2D eigenvalue weighted by Gasteiger charge is 2.03. The molecule has 1 amide bonds. The number of amides is 1. The molecule has 31 heavy (non-hydrogen) atoms. The number of H-pyrrole nitrogens is 1. The molecule has 0 spiro atoms. The summed E-state index contributed by atoms with van der Waals surface area (Å²) in [6, 6.07) is 10.8. The lowest BCUT2D eigenvalue weighted by molar-refractivity contribution is -0.124. The average molecular weight is 423 g/mol. The lowest BCUT2D eigenvalue weighted by Gasteiger charge is -2.06. The van der Waals surface area contributed by atoms with Crippen LogP contribution >= 0.6 is 0 Å². The van der Waals surface area contributed by atoms with Crippen LogP contribution in [0.3, 0.4) is 0 Å². The first-order valence-electron chi connectivity index (χ1n) is 9.85. The highest BCUT2D eigenvalue weighted by atomic mass is 19.1. The standard InChI is InChI=1S/C19H19FN4O2.C5H8/c20-17-11-13(1-2-14(17)4-6-18(25)24-26)12-21-9-8-16-5-3-15-7-10-22-19(15)23-16;1-3-5-4-2/h1-7,10-11,21,26H,8-9,12H2,(H,22,23)(H,24,25);3-5H,1H2,2H3/b6-4+;5-4-. The molecule has 0 aliphatic heterocycles. The van der Waals surface area contributed by atoms with Gasteiger partial charge in [0.05, 0.1) is 0 Å². The van der Waals surface area contributed by atoms with Crippen LogP contribution < -0.4 is 10.8 Å². The first kappa shape index (κ1) is 23.7. The van der Waals surface area contributed by atoms with E-state index in [9.17, 15) is 9.18 Å². The number of carbonyl (C=O) groups is 1. The van der Waals surface area contributed by atoms with E-state index in [1.54, 1.807) is 18.2 Å². The van der Waals surface area contributed by atoms with Crippen LogP contribution in [0.25, 0.3) is 17.1 Å². The second-order valence-corrected chi connectivity index (χ2v) is 6.57. The minimum atomic E-state index is -0.707. The Balaban J connectivity index is 0.000000614. The molecule has 162 valence electrons. The fraction of sp³-hybridized carbons (Fsp3) is 0.167. The van der Waals surface area contributed by atoms with E-state index in [0.29, 0.717) is 6.54 Å². The second-order valence-electron chi connectivity index (χ2n) is 6.57. The molecular formula is C24H27FN4O2. The first-order chi connectivity index (χ1) is 15.1. The van der Waals surface area contributed by atoms with Gasteiger partial charge in [-0.25, -0.2) is 14.9 Å². The Morgan fingerprint density at radius 3 is 2.81 bits per heavy atom. The van der Waals surface area contributed by atoms with E-state index >= 15 is 0 Å². The van der Waals surface area contributed by atoms with Crippen LogP contribution in [0.15, 0.2) is 73.5 Å². The second kappa shape index (κ2) is 12.9. The van der Waals surface area contributed by atoms with Crippen molar-refractivity contribution in [1.29, 1.82) is 0 Å². The highest BCUT2D eigenvalue weighted by molar-refractivity contribution is 5.90. The summed E-state index contributed by atoms with van der Waals surface area (Å²) in [5.74, 6) is -1.13. The smallest absolute Gasteiger partial charge is 0.267 e. The number of rotatable bonds is 8. The van der Waals surface area contributed by atoms with Gasteiger partial charge in [0.15, 0.2) is 0 Å². The zero-order chi connectivity index (χ0) is 22.5. The molecule has 1 aromatic carbocycles. The fourth-order valence-corrected chi connectivity index (χ4v) is 2.71. The van der Waals surface area contributed by atoms with E-state index in [-0.39, 0.29) is 5.56 Å². The van der Waals surface area contributed by atoms with E-state index in [2.05, 4.69) is 21.9 Å². The summed E-state index contributed by atoms with van der Waals surface area (Å²) in [5.41, 5.74) is 4.41. The van der Waals surface area contributed by atoms with Crippen LogP contribution in [-0.2, 0) is 17.8 Å². The molecule has 3 rings (SSSR count). The number of nitrogens with zero attached hydrogens (tertiary/aromatic N) is 1. The molecule has 0 unspecified atom stereocenters. The van der Waals surface area contributed by atoms with Crippen molar-refractivity contribution in [3.05, 3.63) is 96.1 Å². The van der Waals surface area contributed by atoms with Crippen molar-refractivity contribution in [1.82, 2.24) is 20.8 Å². The van der Waals surface area contributed by atoms with Crippen LogP contribution in [0.5, 0.6) is 0 Å². The Bertz CT molecular complexity index is 1060. The molecule has 2 aromatic heterocycles. The predicted octanol–water partition coefficient (Wildman–Crippen LogP) is 4.30. The molecule has 2 heterocycles. The van der Waals surface area contributed by atoms with E-state index in [1.807, 2.05) is 43.5 Å². The Morgan fingerprint density at radius 2 is 2.13 bits per heavy atom. The number of allylic oxidation sites excluding steroid dienone is 3. The van der Waals surface area contributed by atoms with Gasteiger partial charge in [0.25, 0.3) is 5.91 Å². The number of hydrogen-bond acceptors (Lipinski definition) is 4. The lowest BCUT2D eigenvalue weighted by Crippen LogP contribution is -2.17. The van der Waals surface area contributed by atoms with Crippen LogP contribution in [-0.4, -0.2) is 27.6 Å². The molecule has 0 saturated carbocycles. The molecule has 7 heteroatoms. The molecule has 0 bridgehead atoms. The number of benzene rings is 1. The molecule has 0 radical (unpaired) electrons. The summed E-state index contributed by atoms with van der Waals surface area (Å²) in [6.07, 6.45) is 10.6. The fourth-order valence-electron chi connectivity index (χ4n) is 2.71. The number of halogens is 1. The summed E-state index contributed by atoms with van der Waals surface area (Å²) >= 11 is 0. The number of nitrogens with one attached hydrogen (secondary N) is 3. The molecular weight excluding hydrogens is 395 g/mol. The van der Waals surface area contributed by atoms with Gasteiger partial charge in [-0.15, -0.1) is 0 Å². The van der Waals surface area contributed by atoms with Gasteiger partial charge >= 0.3 is 0 Å². The Morgan fingerprint density at radius 1 is 1.29 bits per heavy atom. The number of aromatic nitrogens is 2. The average Bonchev–Trinajstić information content (AvgIpc) is 3.25. The highest BCUT2D eigenvalue weighted by Crippen LogP contribution is 2.13. The minimum Gasteiger partial charge on any atom is -0.346 e. The maximum atomic E-state index is 14.0. The summed E-state index contributed by atoms with van der Waals surface area (Å²) < 4.78 is 14.0. The van der Waals surface area contributed by atoms with Crippen molar-refractivity contribution < 1.29 is 14.4 Å². The molecule has 0 aliphatic rings. The molecule has 0 aliphatic carbocycles. The topological polar surface area (TPSA) is 90.0 Å². The number of hydroxylamine groups is 1. The summed E-state index contributed by atoms with van der Waals surface area (Å²) in [7, 11) is 0. The molecule has 0 fully saturated rings. The lowest BCUT2D eigenvalue weighted by atomic mass is 10.1. The number of carbonyl (C=O) groups excluding carboxylic acids is 1. The van der Waals surface area contributed by atoms with E-state index < -0.39 is 11.7 Å². The van der Waals surface area contributed by atoms with Gasteiger partial charge in [-0.2, -0.15) is 0 Å². The molecule has 6 nitrogen and oxygen atoms in total. The summed E-state index contributed by atoms with van der Waals surface area (Å²) in [4.78, 5) is 18.5. The maximum absolute atomic E-state index is 14.0. The normalized spacial score (nSPS) is 10.9. The number of aromatic amines is 1. The van der Waals surface area contributed by atoms with Crippen molar-refractivity contribution >= 4 is 23.0 Å². The van der Waals surface area contributed by atoms with Crippen LogP contribution in [0.1, 0.15) is 23.7 Å². The summed E-state index contributed by atoms with van der Waals surface area (Å²) in [5, 5.41) is 12.8. The van der Waals surface area contributed by atoms with E-state index in [0.717, 1.165) is 41.3 Å². The van der Waals surface area contributed by atoms with E-state index in [4.69, 9.17) is 5.21 Å². The van der Waals surface area contributed by atoms with Crippen molar-refractivity contribution in [2.24, 2.45) is 0 Å². The SMILES string of the molecule is C=C/C=C\C.O=C(/C=C/c1ccc(CNCCc2ccc3cc[nH]c3n2)cc1F)NO. The Labute approximate surface area is 181 Å². The van der Waals surface area contributed by atoms with Crippen molar-refractivity contribution in [3.63, 3.8) is 0 Å². The molecule has 3 aromatic rings. The van der Waals surface area contributed by atoms with Crippen molar-refractivity contribution in [2.45, 2.75) is 19.9 Å².